The van der Waals surface area contributed by atoms with E-state index in [1.54, 1.807) is 9.80 Å². The number of amides is 3. The summed E-state index contributed by atoms with van der Waals surface area (Å²) in [5.74, 6) is 0.831. The van der Waals surface area contributed by atoms with Crippen molar-refractivity contribution in [2.75, 3.05) is 18.4 Å². The molecular weight excluding hydrogens is 627 g/mol. The molecule has 0 unspecified atom stereocenters. The third-order valence-corrected chi connectivity index (χ3v) is 6.54. The van der Waals surface area contributed by atoms with Crippen molar-refractivity contribution in [1.82, 2.24) is 51.0 Å². The first kappa shape index (κ1) is 38.5. The highest BCUT2D eigenvalue weighted by atomic mass is 19.4. The zero-order valence-electron chi connectivity index (χ0n) is 27.2. The Labute approximate surface area is 269 Å². The maximum atomic E-state index is 13.4. The monoisotopic (exact) mass is 669 g/mol. The average Bonchev–Trinajstić information content (AvgIpc) is 3.71. The summed E-state index contributed by atoms with van der Waals surface area (Å²) in [6, 6.07) is 3.73. The van der Waals surface area contributed by atoms with Crippen molar-refractivity contribution in [3.8, 4) is 0 Å². The molecule has 4 N–H and O–H groups in total. The van der Waals surface area contributed by atoms with Gasteiger partial charge in [0.2, 0.25) is 0 Å². The molecule has 16 nitrogen and oxygen atoms in total. The van der Waals surface area contributed by atoms with Gasteiger partial charge in [0.15, 0.2) is 11.6 Å². The van der Waals surface area contributed by atoms with Gasteiger partial charge in [0.1, 0.15) is 12.2 Å². The Bertz CT molecular complexity index is 1290. The van der Waals surface area contributed by atoms with Crippen molar-refractivity contribution >= 4 is 23.6 Å². The van der Waals surface area contributed by atoms with Crippen LogP contribution in [0.15, 0.2) is 24.3 Å². The van der Waals surface area contributed by atoms with E-state index in [-0.39, 0.29) is 42.4 Å². The van der Waals surface area contributed by atoms with Crippen molar-refractivity contribution in [2.24, 2.45) is 11.8 Å². The molecule has 0 aliphatic carbocycles. The van der Waals surface area contributed by atoms with Crippen LogP contribution in [0.1, 0.15) is 71.6 Å². The SMILES string of the molecule is CCN(Cc1nn[nH]n1)C(=O)[C@H](CC(C)C)O[C@@H](CC(C)C)C(=O)N(CC)Cc1nn[nH]n1.O=C(O)Nc1ccc(C(F)(F)F)cc1. The minimum absolute atomic E-state index is 0.102. The van der Waals surface area contributed by atoms with Gasteiger partial charge in [-0.2, -0.15) is 23.6 Å². The highest BCUT2D eigenvalue weighted by molar-refractivity contribution is 5.84. The van der Waals surface area contributed by atoms with Gasteiger partial charge in [0.05, 0.1) is 18.7 Å². The molecule has 47 heavy (non-hydrogen) atoms. The van der Waals surface area contributed by atoms with E-state index in [0.717, 1.165) is 24.3 Å². The predicted molar refractivity (Wildman–Crippen MR) is 161 cm³/mol. The minimum Gasteiger partial charge on any atom is -0.465 e. The van der Waals surface area contributed by atoms with Crippen LogP contribution in [-0.2, 0) is 33.6 Å². The maximum Gasteiger partial charge on any atom is 0.416 e. The summed E-state index contributed by atoms with van der Waals surface area (Å²) in [4.78, 5) is 40.2. The number of nitrogens with one attached hydrogen (secondary N) is 3. The molecule has 3 aromatic rings. The number of anilines is 1. The summed E-state index contributed by atoms with van der Waals surface area (Å²) < 4.78 is 42.4. The van der Waals surface area contributed by atoms with Gasteiger partial charge in [-0.15, -0.1) is 20.4 Å². The van der Waals surface area contributed by atoms with E-state index in [2.05, 4.69) is 41.2 Å². The summed E-state index contributed by atoms with van der Waals surface area (Å²) in [5, 5.41) is 37.9. The molecule has 0 aliphatic rings. The molecule has 1 aromatic carbocycles. The van der Waals surface area contributed by atoms with Crippen molar-refractivity contribution in [1.29, 1.82) is 0 Å². The van der Waals surface area contributed by atoms with E-state index in [1.807, 2.05) is 46.9 Å². The molecule has 2 aromatic heterocycles. The number of carbonyl (C=O) groups is 3. The van der Waals surface area contributed by atoms with Gasteiger partial charge in [0, 0.05) is 18.8 Å². The molecule has 0 fully saturated rings. The Balaban J connectivity index is 0.000000456. The first-order valence-corrected chi connectivity index (χ1v) is 15.0. The number of ether oxygens (including phenoxy) is 1. The second-order valence-corrected chi connectivity index (χ2v) is 11.2. The Morgan fingerprint density at radius 3 is 1.55 bits per heavy atom. The normalized spacial score (nSPS) is 12.7. The summed E-state index contributed by atoms with van der Waals surface area (Å²) in [7, 11) is 0. The van der Waals surface area contributed by atoms with E-state index in [0.29, 0.717) is 37.6 Å². The smallest absolute Gasteiger partial charge is 0.416 e. The molecule has 3 amide bonds. The Morgan fingerprint density at radius 1 is 0.830 bits per heavy atom. The highest BCUT2D eigenvalue weighted by Gasteiger charge is 2.34. The van der Waals surface area contributed by atoms with E-state index in [9.17, 15) is 27.6 Å². The van der Waals surface area contributed by atoms with Crippen LogP contribution in [0.5, 0.6) is 0 Å². The third kappa shape index (κ3) is 13.3. The number of nitrogens with zero attached hydrogens (tertiary/aromatic N) is 8. The lowest BCUT2D eigenvalue weighted by Crippen LogP contribution is -2.47. The van der Waals surface area contributed by atoms with Gasteiger partial charge < -0.3 is 19.6 Å². The van der Waals surface area contributed by atoms with Crippen LogP contribution in [0.3, 0.4) is 0 Å². The summed E-state index contributed by atoms with van der Waals surface area (Å²) in [6.45, 7) is 13.2. The summed E-state index contributed by atoms with van der Waals surface area (Å²) >= 11 is 0. The number of aromatic nitrogens is 8. The molecule has 2 atom stereocenters. The number of rotatable bonds is 15. The topological polar surface area (TPSA) is 208 Å². The van der Waals surface area contributed by atoms with Crippen LogP contribution in [-0.4, -0.2) is 99.4 Å². The van der Waals surface area contributed by atoms with Crippen molar-refractivity contribution in [3.63, 3.8) is 0 Å². The molecule has 0 radical (unpaired) electrons. The maximum absolute atomic E-state index is 13.4. The number of benzene rings is 1. The first-order valence-electron chi connectivity index (χ1n) is 15.0. The lowest BCUT2D eigenvalue weighted by molar-refractivity contribution is -0.161. The number of carboxylic acid groups (broad SMARTS) is 1. The van der Waals surface area contributed by atoms with Crippen LogP contribution < -0.4 is 5.32 Å². The molecule has 260 valence electrons. The fourth-order valence-corrected chi connectivity index (χ4v) is 4.29. The molecule has 2 heterocycles. The zero-order valence-corrected chi connectivity index (χ0v) is 27.2. The minimum atomic E-state index is -4.40. The lowest BCUT2D eigenvalue weighted by Gasteiger charge is -2.32. The van der Waals surface area contributed by atoms with Gasteiger partial charge in [-0.1, -0.05) is 38.1 Å². The van der Waals surface area contributed by atoms with Crippen molar-refractivity contribution in [3.05, 3.63) is 41.5 Å². The van der Waals surface area contributed by atoms with Gasteiger partial charge in [-0.25, -0.2) is 4.79 Å². The van der Waals surface area contributed by atoms with E-state index < -0.39 is 30.0 Å². The first-order chi connectivity index (χ1) is 22.1. The molecular formula is C28H42F3N11O5. The van der Waals surface area contributed by atoms with Crippen LogP contribution in [0.4, 0.5) is 23.7 Å². The molecule has 0 spiro atoms. The largest absolute Gasteiger partial charge is 0.465 e. The molecule has 19 heteroatoms. The molecule has 0 aliphatic heterocycles. The fraction of sp³-hybridized carbons (Fsp3) is 0.607. The fourth-order valence-electron chi connectivity index (χ4n) is 4.29. The quantitative estimate of drug-likeness (QED) is 0.183. The summed E-state index contributed by atoms with van der Waals surface area (Å²) in [6.07, 6.45) is -6.28. The number of H-pyrrole nitrogens is 2. The van der Waals surface area contributed by atoms with Gasteiger partial charge in [0.25, 0.3) is 11.8 Å². The van der Waals surface area contributed by atoms with E-state index in [1.165, 1.54) is 0 Å². The highest BCUT2D eigenvalue weighted by Crippen LogP contribution is 2.29. The molecule has 0 saturated carbocycles. The van der Waals surface area contributed by atoms with Crippen molar-refractivity contribution < 1.29 is 37.4 Å². The Kier molecular flexibility index (Phi) is 15.1. The number of aromatic amines is 2. The molecule has 0 saturated heterocycles. The number of hydrogen-bond acceptors (Lipinski definition) is 10. The second-order valence-electron chi connectivity index (χ2n) is 11.2. The zero-order chi connectivity index (χ0) is 35.1. The Morgan fingerprint density at radius 2 is 1.26 bits per heavy atom. The Hall–Kier alpha value is -4.68. The van der Waals surface area contributed by atoms with E-state index >= 15 is 0 Å². The summed E-state index contributed by atoms with van der Waals surface area (Å²) in [5.41, 5.74) is -0.709. The standard InChI is InChI=1S/C20H36N10O3.C8H6F3NO2/c1-7-29(11-17-21-25-26-22-17)19(31)15(9-13(3)4)33-16(10-14(5)6)20(32)30(8-2)12-18-23-27-28-24-18;9-8(10,11)5-1-3-6(4-2-5)12-7(13)14/h13-16H,7-12H2,1-6H3,(H,21,22,25,26)(H,23,24,27,28);1-4,12H,(H,13,14)/t15-,16-;/m0./s1. The third-order valence-electron chi connectivity index (χ3n) is 6.54. The van der Waals surface area contributed by atoms with Crippen molar-refractivity contribution in [2.45, 2.75) is 85.9 Å². The lowest BCUT2D eigenvalue weighted by atomic mass is 10.0. The molecule has 0 bridgehead atoms. The number of hydrogen-bond donors (Lipinski definition) is 4. The van der Waals surface area contributed by atoms with E-state index in [4.69, 9.17) is 9.84 Å². The molecule has 3 rings (SSSR count). The van der Waals surface area contributed by atoms with Crippen LogP contribution in [0, 0.1) is 11.8 Å². The second kappa shape index (κ2) is 18.5. The van der Waals surface area contributed by atoms with Gasteiger partial charge >= 0.3 is 12.3 Å². The van der Waals surface area contributed by atoms with Gasteiger partial charge in [-0.3, -0.25) is 14.9 Å². The number of alkyl halides is 3. The average molecular weight is 670 g/mol. The number of tetrazole rings is 2. The predicted octanol–water partition coefficient (Wildman–Crippen LogP) is 3.75. The number of carbonyl (C=O) groups excluding carboxylic acids is 2. The number of likely N-dealkylation sites (N-methyl/N-ethyl adjacent to an activating group) is 2. The van der Waals surface area contributed by atoms with Crippen LogP contribution in [0.25, 0.3) is 0 Å². The van der Waals surface area contributed by atoms with Crippen LogP contribution >= 0.6 is 0 Å². The number of halogens is 3. The van der Waals surface area contributed by atoms with Gasteiger partial charge in [-0.05, 0) is 62.8 Å². The van der Waals surface area contributed by atoms with Crippen LogP contribution in [0.2, 0.25) is 0 Å².